The zero-order chi connectivity index (χ0) is 21.4. The van der Waals surface area contributed by atoms with E-state index in [1.807, 2.05) is 0 Å². The molecule has 0 aliphatic carbocycles. The summed E-state index contributed by atoms with van der Waals surface area (Å²) in [5.41, 5.74) is 3.08. The fraction of sp³-hybridized carbons (Fsp3) is 0.619. The van der Waals surface area contributed by atoms with Gasteiger partial charge in [-0.25, -0.2) is 4.98 Å². The quantitative estimate of drug-likeness (QED) is 0.576. The van der Waals surface area contributed by atoms with Crippen molar-refractivity contribution in [3.63, 3.8) is 0 Å². The molecule has 3 aromatic heterocycles. The predicted octanol–water partition coefficient (Wildman–Crippen LogP) is 2.77. The van der Waals surface area contributed by atoms with Gasteiger partial charge in [0.25, 0.3) is 0 Å². The topological polar surface area (TPSA) is 94.5 Å². The Labute approximate surface area is 185 Å². The monoisotopic (exact) mass is 444 g/mol. The first kappa shape index (κ1) is 20.7. The average Bonchev–Trinajstić information content (AvgIpc) is 3.15. The van der Waals surface area contributed by atoms with Crippen LogP contribution in [0.2, 0.25) is 0 Å². The largest absolute Gasteiger partial charge is 0.385 e. The van der Waals surface area contributed by atoms with Gasteiger partial charge in [0.1, 0.15) is 20.9 Å². The van der Waals surface area contributed by atoms with Gasteiger partial charge in [-0.2, -0.15) is 0 Å². The van der Waals surface area contributed by atoms with E-state index in [2.05, 4.69) is 39.5 Å². The number of rotatable bonds is 6. The third kappa shape index (κ3) is 3.93. The van der Waals surface area contributed by atoms with E-state index in [-0.39, 0.29) is 5.60 Å². The van der Waals surface area contributed by atoms with Gasteiger partial charge in [0, 0.05) is 50.7 Å². The predicted molar refractivity (Wildman–Crippen MR) is 121 cm³/mol. The Balaban J connectivity index is 1.65. The molecular weight excluding hydrogens is 416 g/mol. The van der Waals surface area contributed by atoms with Gasteiger partial charge >= 0.3 is 0 Å². The van der Waals surface area contributed by atoms with Crippen molar-refractivity contribution in [1.29, 1.82) is 0 Å². The van der Waals surface area contributed by atoms with E-state index in [4.69, 9.17) is 19.2 Å². The number of nitrogens with zero attached hydrogens (tertiary/aromatic N) is 5. The molecule has 0 amide bonds. The summed E-state index contributed by atoms with van der Waals surface area (Å²) in [6.07, 6.45) is 1.71. The number of morpholine rings is 1. The summed E-state index contributed by atoms with van der Waals surface area (Å²) in [6, 6.07) is 0. The Bertz CT molecular complexity index is 1100. The van der Waals surface area contributed by atoms with Crippen molar-refractivity contribution >= 4 is 43.4 Å². The Morgan fingerprint density at radius 1 is 1.19 bits per heavy atom. The minimum absolute atomic E-state index is 0.237. The van der Waals surface area contributed by atoms with E-state index in [0.29, 0.717) is 13.2 Å². The normalized spacial score (nSPS) is 18.5. The van der Waals surface area contributed by atoms with Gasteiger partial charge in [-0.1, -0.05) is 0 Å². The number of hydrogen-bond donors (Lipinski definition) is 1. The molecule has 0 atom stereocenters. The van der Waals surface area contributed by atoms with Gasteiger partial charge in [0.2, 0.25) is 0 Å². The zero-order valence-corrected chi connectivity index (χ0v) is 19.0. The van der Waals surface area contributed by atoms with Gasteiger partial charge in [0.15, 0.2) is 5.82 Å². The van der Waals surface area contributed by atoms with Gasteiger partial charge in [-0.05, 0) is 31.0 Å². The number of hydrogen-bond acceptors (Lipinski definition) is 10. The summed E-state index contributed by atoms with van der Waals surface area (Å²) in [4.78, 5) is 8.42. The van der Waals surface area contributed by atoms with Crippen molar-refractivity contribution in [3.05, 3.63) is 11.1 Å². The third-order valence-corrected chi connectivity index (χ3v) is 6.93. The Hall–Kier alpha value is -2.14. The van der Waals surface area contributed by atoms with Crippen LogP contribution in [-0.4, -0.2) is 72.6 Å². The first-order valence-electron chi connectivity index (χ1n) is 10.7. The molecule has 1 fully saturated rings. The molecule has 0 saturated carbocycles. The van der Waals surface area contributed by atoms with Crippen LogP contribution in [0.15, 0.2) is 0 Å². The molecule has 5 rings (SSSR count). The molecule has 2 aliphatic rings. The highest BCUT2D eigenvalue weighted by atomic mass is 32.1. The van der Waals surface area contributed by atoms with Crippen LogP contribution in [0.4, 0.5) is 11.6 Å². The van der Waals surface area contributed by atoms with Crippen molar-refractivity contribution in [3.8, 4) is 0 Å². The Kier molecular flexibility index (Phi) is 5.63. The van der Waals surface area contributed by atoms with Crippen LogP contribution < -0.4 is 10.2 Å². The maximum Gasteiger partial charge on any atom is 0.170 e. The number of nitrogens with one attached hydrogen (secondary N) is 1. The second-order valence-electron chi connectivity index (χ2n) is 8.59. The lowest BCUT2D eigenvalue weighted by molar-refractivity contribution is -0.0396. The molecule has 0 spiro atoms. The second kappa shape index (κ2) is 8.42. The first-order chi connectivity index (χ1) is 15.1. The first-order valence-corrected chi connectivity index (χ1v) is 11.6. The smallest absolute Gasteiger partial charge is 0.170 e. The van der Waals surface area contributed by atoms with E-state index in [1.54, 1.807) is 18.4 Å². The summed E-state index contributed by atoms with van der Waals surface area (Å²) in [5.74, 6) is 1.78. The van der Waals surface area contributed by atoms with Gasteiger partial charge in [-0.15, -0.1) is 21.5 Å². The fourth-order valence-electron chi connectivity index (χ4n) is 4.29. The zero-order valence-electron chi connectivity index (χ0n) is 18.2. The van der Waals surface area contributed by atoms with E-state index in [9.17, 15) is 0 Å². The molecule has 3 aromatic rings. The Morgan fingerprint density at radius 2 is 2.03 bits per heavy atom. The lowest BCUT2D eigenvalue weighted by Gasteiger charge is -2.36. The molecule has 0 radical (unpaired) electrons. The molecule has 31 heavy (non-hydrogen) atoms. The van der Waals surface area contributed by atoms with Gasteiger partial charge in [-0.3, -0.25) is 0 Å². The van der Waals surface area contributed by atoms with E-state index < -0.39 is 0 Å². The van der Waals surface area contributed by atoms with Crippen LogP contribution in [0, 0.1) is 0 Å². The molecule has 166 valence electrons. The second-order valence-corrected chi connectivity index (χ2v) is 9.59. The van der Waals surface area contributed by atoms with Crippen molar-refractivity contribution in [2.75, 3.05) is 56.8 Å². The number of aromatic nitrogens is 4. The molecule has 2 aliphatic heterocycles. The summed E-state index contributed by atoms with van der Waals surface area (Å²) in [6.45, 7) is 9.42. The minimum Gasteiger partial charge on any atom is -0.385 e. The van der Waals surface area contributed by atoms with E-state index in [0.717, 1.165) is 77.8 Å². The molecule has 10 heteroatoms. The average molecular weight is 445 g/mol. The molecule has 0 bridgehead atoms. The highest BCUT2D eigenvalue weighted by molar-refractivity contribution is 7.26. The van der Waals surface area contributed by atoms with E-state index >= 15 is 0 Å². The number of pyridine rings is 1. The van der Waals surface area contributed by atoms with Gasteiger partial charge in [0.05, 0.1) is 25.4 Å². The lowest BCUT2D eigenvalue weighted by atomic mass is 9.90. The maximum absolute atomic E-state index is 6.19. The van der Waals surface area contributed by atoms with E-state index in [1.165, 1.54) is 11.1 Å². The number of anilines is 2. The van der Waals surface area contributed by atoms with Crippen molar-refractivity contribution in [2.45, 2.75) is 38.9 Å². The van der Waals surface area contributed by atoms with Crippen molar-refractivity contribution in [1.82, 2.24) is 20.4 Å². The van der Waals surface area contributed by atoms with Crippen LogP contribution in [0.5, 0.6) is 0 Å². The molecule has 9 nitrogen and oxygen atoms in total. The fourth-order valence-corrected chi connectivity index (χ4v) is 5.39. The summed E-state index contributed by atoms with van der Waals surface area (Å²) < 4.78 is 17.9. The number of methoxy groups -OCH3 is 1. The number of fused-ring (bicyclic) bond motifs is 5. The van der Waals surface area contributed by atoms with Crippen molar-refractivity contribution < 1.29 is 14.2 Å². The molecular formula is C21H28N6O3S. The van der Waals surface area contributed by atoms with Gasteiger partial charge < -0.3 is 24.4 Å². The van der Waals surface area contributed by atoms with Crippen LogP contribution in [-0.2, 0) is 27.2 Å². The lowest BCUT2D eigenvalue weighted by Crippen LogP contribution is -2.39. The van der Waals surface area contributed by atoms with Crippen molar-refractivity contribution in [2.24, 2.45) is 0 Å². The SMILES string of the molecule is COCCCNc1nnnc2c1sc1nc(N3CCOCC3)c3c(c12)CC(C)(C)OC3. The molecule has 0 unspecified atom stereocenters. The third-order valence-electron chi connectivity index (χ3n) is 5.85. The van der Waals surface area contributed by atoms with Crippen LogP contribution in [0.1, 0.15) is 31.4 Å². The number of ether oxygens (including phenoxy) is 3. The standard InChI is InChI=1S/C21H28N6O3S/c1-21(2)11-13-14(12-30-21)19(27-6-9-29-10-7-27)23-20-15(13)16-17(31-20)18(25-26-24-16)22-5-4-8-28-3/h4-12H2,1-3H3,(H,22,24,25). The summed E-state index contributed by atoms with van der Waals surface area (Å²) in [5, 5.41) is 17.3. The summed E-state index contributed by atoms with van der Waals surface area (Å²) in [7, 11) is 1.71. The summed E-state index contributed by atoms with van der Waals surface area (Å²) >= 11 is 1.63. The molecule has 1 saturated heterocycles. The van der Waals surface area contributed by atoms with Crippen LogP contribution in [0.25, 0.3) is 20.4 Å². The highest BCUT2D eigenvalue weighted by Gasteiger charge is 2.33. The van der Waals surface area contributed by atoms with Crippen LogP contribution in [0.3, 0.4) is 0 Å². The minimum atomic E-state index is -0.237. The maximum atomic E-state index is 6.19. The molecule has 5 heterocycles. The molecule has 0 aromatic carbocycles. The van der Waals surface area contributed by atoms with Crippen LogP contribution >= 0.6 is 11.3 Å². The highest BCUT2D eigenvalue weighted by Crippen LogP contribution is 2.43. The molecule has 1 N–H and O–H groups in total. The Morgan fingerprint density at radius 3 is 2.84 bits per heavy atom. The number of thiophene rings is 1.